The summed E-state index contributed by atoms with van der Waals surface area (Å²) in [6, 6.07) is 0. The first-order valence-corrected chi connectivity index (χ1v) is 4.99. The molecule has 1 saturated heterocycles. The zero-order chi connectivity index (χ0) is 11.9. The number of nitrogen functional groups attached to an aromatic ring is 1. The Bertz CT molecular complexity index is 512. The van der Waals surface area contributed by atoms with E-state index in [-0.39, 0.29) is 18.3 Å². The average molecular weight is 226 g/mol. The van der Waals surface area contributed by atoms with Crippen molar-refractivity contribution in [1.29, 1.82) is 0 Å². The third kappa shape index (κ3) is 1.49. The van der Waals surface area contributed by atoms with Crippen LogP contribution >= 0.6 is 0 Å². The zero-order valence-corrected chi connectivity index (χ0v) is 8.93. The molecule has 0 unspecified atom stereocenters. The number of rotatable bonds is 2. The van der Waals surface area contributed by atoms with E-state index < -0.39 is 11.2 Å². The van der Waals surface area contributed by atoms with Crippen LogP contribution in [0.1, 0.15) is 0 Å². The second kappa shape index (κ2) is 3.67. The predicted octanol–water partition coefficient (Wildman–Crippen LogP) is -1.92. The van der Waals surface area contributed by atoms with Crippen molar-refractivity contribution < 1.29 is 5.11 Å². The van der Waals surface area contributed by atoms with E-state index in [0.717, 1.165) is 0 Å². The molecule has 0 aliphatic carbocycles. The van der Waals surface area contributed by atoms with Crippen LogP contribution in [-0.2, 0) is 7.05 Å². The highest BCUT2D eigenvalue weighted by Crippen LogP contribution is 2.24. The van der Waals surface area contributed by atoms with E-state index in [9.17, 15) is 9.59 Å². The van der Waals surface area contributed by atoms with Gasteiger partial charge >= 0.3 is 5.69 Å². The van der Waals surface area contributed by atoms with Gasteiger partial charge in [-0.2, -0.15) is 0 Å². The second-order valence-corrected chi connectivity index (χ2v) is 4.01. The minimum absolute atomic E-state index is 0.0973. The molecule has 0 atom stereocenters. The smallest absolute Gasteiger partial charge is 0.329 e. The van der Waals surface area contributed by atoms with Gasteiger partial charge in [0.1, 0.15) is 11.5 Å². The molecule has 1 aromatic rings. The number of nitrogens with one attached hydrogen (secondary N) is 1. The summed E-state index contributed by atoms with van der Waals surface area (Å²) in [5.41, 5.74) is 5.03. The molecule has 0 radical (unpaired) electrons. The summed E-state index contributed by atoms with van der Waals surface area (Å²) in [7, 11) is 1.50. The van der Waals surface area contributed by atoms with Crippen LogP contribution in [0.3, 0.4) is 0 Å². The normalized spacial score (nSPS) is 16.2. The second-order valence-electron chi connectivity index (χ2n) is 4.01. The van der Waals surface area contributed by atoms with E-state index in [1.165, 1.54) is 11.6 Å². The number of aromatic nitrogens is 2. The first-order chi connectivity index (χ1) is 7.54. The lowest BCUT2D eigenvalue weighted by atomic mass is 10.0. The molecule has 88 valence electrons. The molecule has 16 heavy (non-hydrogen) atoms. The maximum absolute atomic E-state index is 11.6. The topological polar surface area (TPSA) is 104 Å². The van der Waals surface area contributed by atoms with Gasteiger partial charge in [-0.15, -0.1) is 0 Å². The van der Waals surface area contributed by atoms with E-state index in [2.05, 4.69) is 4.98 Å². The summed E-state index contributed by atoms with van der Waals surface area (Å²) in [5, 5.41) is 8.89. The number of aliphatic hydroxyl groups excluding tert-OH is 1. The van der Waals surface area contributed by atoms with Crippen LogP contribution in [0.5, 0.6) is 0 Å². The van der Waals surface area contributed by atoms with Crippen LogP contribution in [0.4, 0.5) is 11.5 Å². The number of nitrogens with two attached hydrogens (primary N) is 1. The Hall–Kier alpha value is -1.76. The first kappa shape index (κ1) is 10.7. The van der Waals surface area contributed by atoms with Crippen molar-refractivity contribution in [3.63, 3.8) is 0 Å². The van der Waals surface area contributed by atoms with Gasteiger partial charge in [0.05, 0.1) is 0 Å². The minimum atomic E-state index is -0.523. The van der Waals surface area contributed by atoms with Gasteiger partial charge in [-0.25, -0.2) is 4.79 Å². The molecular formula is C9H14N4O3. The highest BCUT2D eigenvalue weighted by Gasteiger charge is 2.30. The van der Waals surface area contributed by atoms with Gasteiger partial charge in [0, 0.05) is 32.7 Å². The molecule has 1 aliphatic rings. The summed E-state index contributed by atoms with van der Waals surface area (Å²) in [6.45, 7) is 1.27. The zero-order valence-electron chi connectivity index (χ0n) is 8.93. The highest BCUT2D eigenvalue weighted by molar-refractivity contribution is 5.63. The summed E-state index contributed by atoms with van der Waals surface area (Å²) < 4.78 is 1.20. The molecule has 7 heteroatoms. The van der Waals surface area contributed by atoms with E-state index >= 15 is 0 Å². The molecule has 0 bridgehead atoms. The van der Waals surface area contributed by atoms with Gasteiger partial charge in [-0.1, -0.05) is 0 Å². The maximum Gasteiger partial charge on any atom is 0.329 e. The van der Waals surface area contributed by atoms with Crippen LogP contribution in [0.15, 0.2) is 9.59 Å². The quantitative estimate of drug-likeness (QED) is 0.545. The fourth-order valence-corrected chi connectivity index (χ4v) is 1.80. The Kier molecular flexibility index (Phi) is 2.47. The maximum atomic E-state index is 11.6. The molecule has 1 aliphatic heterocycles. The molecule has 1 aromatic heterocycles. The van der Waals surface area contributed by atoms with Crippen molar-refractivity contribution in [2.24, 2.45) is 13.0 Å². The van der Waals surface area contributed by atoms with Gasteiger partial charge in [0.15, 0.2) is 0 Å². The standard InChI is InChI=1S/C9H14N4O3/c1-12-7(10)6(8(15)11-9(12)16)13-2-5(3-13)4-14/h5,14H,2-4,10H2,1H3,(H,11,15,16). The van der Waals surface area contributed by atoms with Crippen LogP contribution in [0.2, 0.25) is 0 Å². The molecule has 0 amide bonds. The van der Waals surface area contributed by atoms with Crippen molar-refractivity contribution >= 4 is 11.5 Å². The van der Waals surface area contributed by atoms with E-state index in [4.69, 9.17) is 10.8 Å². The van der Waals surface area contributed by atoms with Crippen molar-refractivity contribution in [3.8, 4) is 0 Å². The van der Waals surface area contributed by atoms with E-state index in [1.54, 1.807) is 4.90 Å². The number of aromatic amines is 1. The summed E-state index contributed by atoms with van der Waals surface area (Å²) >= 11 is 0. The molecule has 2 rings (SSSR count). The monoisotopic (exact) mass is 226 g/mol. The fourth-order valence-electron chi connectivity index (χ4n) is 1.80. The molecule has 7 nitrogen and oxygen atoms in total. The van der Waals surface area contributed by atoms with E-state index in [0.29, 0.717) is 18.8 Å². The molecule has 0 spiro atoms. The molecule has 2 heterocycles. The van der Waals surface area contributed by atoms with Gasteiger partial charge in [0.2, 0.25) is 0 Å². The third-order valence-electron chi connectivity index (χ3n) is 2.88. The van der Waals surface area contributed by atoms with Crippen LogP contribution in [0, 0.1) is 5.92 Å². The van der Waals surface area contributed by atoms with E-state index in [1.807, 2.05) is 0 Å². The number of anilines is 2. The number of hydrogen-bond donors (Lipinski definition) is 3. The Morgan fingerprint density at radius 3 is 2.69 bits per heavy atom. The van der Waals surface area contributed by atoms with Gasteiger partial charge in [0.25, 0.3) is 5.56 Å². The van der Waals surface area contributed by atoms with Crippen molar-refractivity contribution in [1.82, 2.24) is 9.55 Å². The van der Waals surface area contributed by atoms with Gasteiger partial charge in [-0.3, -0.25) is 14.3 Å². The number of aliphatic hydroxyl groups is 1. The summed E-state index contributed by atoms with van der Waals surface area (Å²) in [5.74, 6) is 0.334. The fraction of sp³-hybridized carbons (Fsp3) is 0.556. The predicted molar refractivity (Wildman–Crippen MR) is 59.5 cm³/mol. The lowest BCUT2D eigenvalue weighted by Gasteiger charge is -2.39. The summed E-state index contributed by atoms with van der Waals surface area (Å²) in [4.78, 5) is 26.8. The third-order valence-corrected chi connectivity index (χ3v) is 2.88. The van der Waals surface area contributed by atoms with Crippen LogP contribution in [0.25, 0.3) is 0 Å². The number of nitrogens with zero attached hydrogens (tertiary/aromatic N) is 2. The summed E-state index contributed by atoms with van der Waals surface area (Å²) in [6.07, 6.45) is 0. The lowest BCUT2D eigenvalue weighted by molar-refractivity contribution is 0.200. The minimum Gasteiger partial charge on any atom is -0.396 e. The molecule has 1 fully saturated rings. The van der Waals surface area contributed by atoms with Crippen LogP contribution in [-0.4, -0.2) is 34.4 Å². The highest BCUT2D eigenvalue weighted by atomic mass is 16.3. The van der Waals surface area contributed by atoms with Crippen molar-refractivity contribution in [3.05, 3.63) is 20.8 Å². The Morgan fingerprint density at radius 2 is 2.12 bits per heavy atom. The first-order valence-electron chi connectivity index (χ1n) is 4.99. The van der Waals surface area contributed by atoms with Gasteiger partial charge < -0.3 is 15.7 Å². The van der Waals surface area contributed by atoms with Crippen molar-refractivity contribution in [2.45, 2.75) is 0 Å². The molecular weight excluding hydrogens is 212 g/mol. The number of H-pyrrole nitrogens is 1. The Labute approximate surface area is 91.1 Å². The van der Waals surface area contributed by atoms with Gasteiger partial charge in [-0.05, 0) is 0 Å². The largest absolute Gasteiger partial charge is 0.396 e. The molecule has 0 saturated carbocycles. The Morgan fingerprint density at radius 1 is 1.50 bits per heavy atom. The molecule has 0 aromatic carbocycles. The number of hydrogen-bond acceptors (Lipinski definition) is 5. The lowest BCUT2D eigenvalue weighted by Crippen LogP contribution is -2.51. The molecule has 4 N–H and O–H groups in total. The average Bonchev–Trinajstić information content (AvgIpc) is 2.18. The SMILES string of the molecule is Cn1c(N)c(N2CC(CO)C2)c(=O)[nH]c1=O. The van der Waals surface area contributed by atoms with Crippen molar-refractivity contribution in [2.75, 3.05) is 30.3 Å². The van der Waals surface area contributed by atoms with Crippen LogP contribution < -0.4 is 21.9 Å². The Balaban J connectivity index is 2.39.